The maximum atomic E-state index is 11.7. The average Bonchev–Trinajstić information content (AvgIpc) is 2.25. The van der Waals surface area contributed by atoms with Crippen LogP contribution in [0.4, 0.5) is 0 Å². The first-order chi connectivity index (χ1) is 8.28. The fourth-order valence-electron chi connectivity index (χ4n) is 1.59. The van der Waals surface area contributed by atoms with Crippen LogP contribution in [0.2, 0.25) is 0 Å². The van der Waals surface area contributed by atoms with Gasteiger partial charge < -0.3 is 10.1 Å². The molecule has 3 nitrogen and oxygen atoms in total. The third kappa shape index (κ3) is 5.32. The third-order valence-corrected chi connectivity index (χ3v) is 2.56. The molecule has 1 amide bonds. The molecule has 1 aromatic carbocycles. The van der Waals surface area contributed by atoms with Crippen molar-refractivity contribution in [2.24, 2.45) is 0 Å². The molecule has 100 valence electrons. The predicted molar refractivity (Wildman–Crippen MR) is 73.4 cm³/mol. The van der Waals surface area contributed by atoms with Crippen LogP contribution in [0, 0.1) is 6.92 Å². The third-order valence-electron chi connectivity index (χ3n) is 2.56. The van der Waals surface area contributed by atoms with Gasteiger partial charge in [-0.15, -0.1) is 0 Å². The molecule has 0 spiro atoms. The summed E-state index contributed by atoms with van der Waals surface area (Å²) in [7, 11) is 0. The van der Waals surface area contributed by atoms with Gasteiger partial charge in [0.15, 0.2) is 0 Å². The fraction of sp³-hybridized carbons (Fsp3) is 0.533. The first-order valence-corrected chi connectivity index (χ1v) is 6.28. The number of ether oxygens (including phenoxy) is 1. The normalized spacial score (nSPS) is 13.2. The molecule has 1 atom stereocenters. The van der Waals surface area contributed by atoms with E-state index in [1.807, 2.05) is 52.8 Å². The second-order valence-corrected chi connectivity index (χ2v) is 5.60. The summed E-state index contributed by atoms with van der Waals surface area (Å²) >= 11 is 0. The van der Waals surface area contributed by atoms with Crippen LogP contribution in [0.25, 0.3) is 0 Å². The lowest BCUT2D eigenvalue weighted by Gasteiger charge is -2.20. The number of carbonyl (C=O) groups is 1. The number of nitrogens with one attached hydrogen (secondary N) is 1. The van der Waals surface area contributed by atoms with E-state index >= 15 is 0 Å². The van der Waals surface area contributed by atoms with Crippen molar-refractivity contribution in [2.45, 2.75) is 46.3 Å². The number of amides is 1. The second-order valence-electron chi connectivity index (χ2n) is 5.60. The van der Waals surface area contributed by atoms with Crippen LogP contribution in [0.1, 0.15) is 44.9 Å². The molecule has 0 unspecified atom stereocenters. The minimum absolute atomic E-state index is 0.000897. The average molecular weight is 249 g/mol. The van der Waals surface area contributed by atoms with E-state index in [2.05, 4.69) is 11.4 Å². The topological polar surface area (TPSA) is 38.3 Å². The van der Waals surface area contributed by atoms with Crippen LogP contribution in [0.5, 0.6) is 0 Å². The fourth-order valence-corrected chi connectivity index (χ4v) is 1.59. The quantitative estimate of drug-likeness (QED) is 0.891. The van der Waals surface area contributed by atoms with E-state index in [9.17, 15) is 4.79 Å². The number of hydrogen-bond acceptors (Lipinski definition) is 2. The number of hydrogen-bond donors (Lipinski definition) is 1. The summed E-state index contributed by atoms with van der Waals surface area (Å²) in [6.07, 6.45) is 0. The Kier molecular flexibility index (Phi) is 4.91. The zero-order valence-corrected chi connectivity index (χ0v) is 11.9. The van der Waals surface area contributed by atoms with E-state index in [0.717, 1.165) is 5.56 Å². The van der Waals surface area contributed by atoms with Gasteiger partial charge in [0, 0.05) is 0 Å². The van der Waals surface area contributed by atoms with Gasteiger partial charge in [-0.05, 0) is 40.2 Å². The summed E-state index contributed by atoms with van der Waals surface area (Å²) in [5, 5.41) is 2.93. The molecule has 0 bridgehead atoms. The monoisotopic (exact) mass is 249 g/mol. The predicted octanol–water partition coefficient (Wildman–Crippen LogP) is 2.99. The largest absolute Gasteiger partial charge is 0.366 e. The van der Waals surface area contributed by atoms with Crippen molar-refractivity contribution < 1.29 is 9.53 Å². The van der Waals surface area contributed by atoms with Crippen LogP contribution in [0.3, 0.4) is 0 Å². The molecular formula is C15H23NO2. The Morgan fingerprint density at radius 2 is 2.06 bits per heavy atom. The summed E-state index contributed by atoms with van der Waals surface area (Å²) in [5.41, 5.74) is 2.02. The molecule has 0 aliphatic rings. The Balaban J connectivity index is 2.50. The lowest BCUT2D eigenvalue weighted by molar-refractivity contribution is -0.131. The maximum Gasteiger partial charge on any atom is 0.246 e. The van der Waals surface area contributed by atoms with Crippen LogP contribution >= 0.6 is 0 Å². The molecule has 0 radical (unpaired) electrons. The van der Waals surface area contributed by atoms with E-state index in [1.165, 1.54) is 5.56 Å². The second kappa shape index (κ2) is 6.01. The first kappa shape index (κ1) is 14.7. The maximum absolute atomic E-state index is 11.7. The van der Waals surface area contributed by atoms with Crippen molar-refractivity contribution in [1.29, 1.82) is 0 Å². The Morgan fingerprint density at radius 3 is 2.61 bits per heavy atom. The minimum Gasteiger partial charge on any atom is -0.366 e. The highest BCUT2D eigenvalue weighted by Gasteiger charge is 2.14. The molecule has 1 aromatic rings. The number of rotatable bonds is 4. The van der Waals surface area contributed by atoms with E-state index < -0.39 is 0 Å². The van der Waals surface area contributed by atoms with E-state index in [0.29, 0.717) is 0 Å². The van der Waals surface area contributed by atoms with Gasteiger partial charge in [-0.2, -0.15) is 0 Å². The summed E-state index contributed by atoms with van der Waals surface area (Å²) in [6.45, 7) is 9.92. The van der Waals surface area contributed by atoms with Crippen molar-refractivity contribution in [3.05, 3.63) is 35.4 Å². The zero-order valence-electron chi connectivity index (χ0n) is 11.9. The SMILES string of the molecule is Cc1cccc([C@@H](C)NC(=O)COC(C)(C)C)c1. The highest BCUT2D eigenvalue weighted by atomic mass is 16.5. The smallest absolute Gasteiger partial charge is 0.246 e. The molecule has 0 fully saturated rings. The lowest BCUT2D eigenvalue weighted by atomic mass is 10.1. The summed E-state index contributed by atoms with van der Waals surface area (Å²) in [6, 6.07) is 8.14. The van der Waals surface area contributed by atoms with Gasteiger partial charge in [0.2, 0.25) is 5.91 Å². The molecule has 0 saturated heterocycles. The van der Waals surface area contributed by atoms with Crippen molar-refractivity contribution in [3.63, 3.8) is 0 Å². The molecule has 18 heavy (non-hydrogen) atoms. The highest BCUT2D eigenvalue weighted by molar-refractivity contribution is 5.77. The van der Waals surface area contributed by atoms with E-state index in [4.69, 9.17) is 4.74 Å². The van der Waals surface area contributed by atoms with Gasteiger partial charge in [-0.3, -0.25) is 4.79 Å². The number of benzene rings is 1. The molecule has 0 aliphatic heterocycles. The first-order valence-electron chi connectivity index (χ1n) is 6.28. The van der Waals surface area contributed by atoms with Crippen LogP contribution in [0.15, 0.2) is 24.3 Å². The molecule has 1 rings (SSSR count). The van der Waals surface area contributed by atoms with Crippen molar-refractivity contribution in [3.8, 4) is 0 Å². The molecule has 1 N–H and O–H groups in total. The molecular weight excluding hydrogens is 226 g/mol. The summed E-state index contributed by atoms with van der Waals surface area (Å²) in [4.78, 5) is 11.7. The van der Waals surface area contributed by atoms with Crippen molar-refractivity contribution in [2.75, 3.05) is 6.61 Å². The van der Waals surface area contributed by atoms with E-state index in [-0.39, 0.29) is 24.2 Å². The van der Waals surface area contributed by atoms with Gasteiger partial charge in [0.05, 0.1) is 11.6 Å². The van der Waals surface area contributed by atoms with Gasteiger partial charge in [0.1, 0.15) is 6.61 Å². The molecule has 3 heteroatoms. The molecule has 0 aliphatic carbocycles. The number of aryl methyl sites for hydroxylation is 1. The van der Waals surface area contributed by atoms with Crippen molar-refractivity contribution >= 4 is 5.91 Å². The summed E-state index contributed by atoms with van der Waals surface area (Å²) < 4.78 is 5.44. The molecule has 0 heterocycles. The Bertz CT molecular complexity index is 407. The number of carbonyl (C=O) groups excluding carboxylic acids is 1. The van der Waals surface area contributed by atoms with E-state index in [1.54, 1.807) is 0 Å². The van der Waals surface area contributed by atoms with Gasteiger partial charge in [-0.1, -0.05) is 29.8 Å². The van der Waals surface area contributed by atoms with Crippen LogP contribution < -0.4 is 5.32 Å². The van der Waals surface area contributed by atoms with Crippen LogP contribution in [-0.4, -0.2) is 18.1 Å². The van der Waals surface area contributed by atoms with Gasteiger partial charge in [-0.25, -0.2) is 0 Å². The highest BCUT2D eigenvalue weighted by Crippen LogP contribution is 2.14. The van der Waals surface area contributed by atoms with Gasteiger partial charge >= 0.3 is 0 Å². The molecule has 0 aromatic heterocycles. The Labute approximate surface area is 110 Å². The lowest BCUT2D eigenvalue weighted by Crippen LogP contribution is -2.33. The minimum atomic E-state index is -0.288. The standard InChI is InChI=1S/C15H23NO2/c1-11-7-6-8-13(9-11)12(2)16-14(17)10-18-15(3,4)5/h6-9,12H,10H2,1-5H3,(H,16,17)/t12-/m1/s1. The Hall–Kier alpha value is -1.35. The van der Waals surface area contributed by atoms with Crippen molar-refractivity contribution in [1.82, 2.24) is 5.32 Å². The Morgan fingerprint density at radius 1 is 1.39 bits per heavy atom. The van der Waals surface area contributed by atoms with Gasteiger partial charge in [0.25, 0.3) is 0 Å². The summed E-state index contributed by atoms with van der Waals surface area (Å²) in [5.74, 6) is -0.0843. The zero-order chi connectivity index (χ0) is 13.8. The molecule has 0 saturated carbocycles. The van der Waals surface area contributed by atoms with Crippen LogP contribution in [-0.2, 0) is 9.53 Å².